The third-order valence-corrected chi connectivity index (χ3v) is 3.15. The lowest BCUT2D eigenvalue weighted by atomic mass is 10.2. The van der Waals surface area contributed by atoms with E-state index in [-0.39, 0.29) is 0 Å². The SMILES string of the molecule is CCNC(=S)N(Cc1ccccc1)C1CC1. The van der Waals surface area contributed by atoms with Gasteiger partial charge in [0, 0.05) is 19.1 Å². The molecule has 0 atom stereocenters. The molecule has 0 radical (unpaired) electrons. The van der Waals surface area contributed by atoms with Crippen LogP contribution in [0, 0.1) is 0 Å². The van der Waals surface area contributed by atoms with Gasteiger partial charge in [-0.15, -0.1) is 0 Å². The average molecular weight is 234 g/mol. The van der Waals surface area contributed by atoms with Gasteiger partial charge < -0.3 is 10.2 Å². The summed E-state index contributed by atoms with van der Waals surface area (Å²) in [6.07, 6.45) is 2.55. The van der Waals surface area contributed by atoms with Crippen LogP contribution < -0.4 is 5.32 Å². The minimum absolute atomic E-state index is 0.659. The van der Waals surface area contributed by atoms with E-state index in [0.717, 1.165) is 18.2 Å². The van der Waals surface area contributed by atoms with Crippen LogP contribution in [-0.4, -0.2) is 22.6 Å². The number of thiocarbonyl (C=S) groups is 1. The van der Waals surface area contributed by atoms with Gasteiger partial charge in [0.15, 0.2) is 5.11 Å². The summed E-state index contributed by atoms with van der Waals surface area (Å²) < 4.78 is 0. The first-order chi connectivity index (χ1) is 7.81. The molecule has 0 aliphatic heterocycles. The van der Waals surface area contributed by atoms with Gasteiger partial charge in [-0.1, -0.05) is 30.3 Å². The highest BCUT2D eigenvalue weighted by molar-refractivity contribution is 7.80. The van der Waals surface area contributed by atoms with Gasteiger partial charge in [0.25, 0.3) is 0 Å². The molecule has 1 aliphatic rings. The second-order valence-electron chi connectivity index (χ2n) is 4.18. The first-order valence-corrected chi connectivity index (χ1v) is 6.30. The van der Waals surface area contributed by atoms with Gasteiger partial charge in [0.2, 0.25) is 0 Å². The van der Waals surface area contributed by atoms with Gasteiger partial charge in [0.1, 0.15) is 0 Å². The minimum Gasteiger partial charge on any atom is -0.363 e. The van der Waals surface area contributed by atoms with Crippen LogP contribution in [0.2, 0.25) is 0 Å². The molecule has 1 fully saturated rings. The van der Waals surface area contributed by atoms with E-state index in [0.29, 0.717) is 6.04 Å². The van der Waals surface area contributed by atoms with Crippen LogP contribution in [0.3, 0.4) is 0 Å². The smallest absolute Gasteiger partial charge is 0.169 e. The summed E-state index contributed by atoms with van der Waals surface area (Å²) in [5.41, 5.74) is 1.33. The van der Waals surface area contributed by atoms with Gasteiger partial charge in [0.05, 0.1) is 0 Å². The molecule has 0 saturated heterocycles. The Morgan fingerprint density at radius 2 is 2.06 bits per heavy atom. The summed E-state index contributed by atoms with van der Waals surface area (Å²) in [6, 6.07) is 11.2. The molecule has 0 unspecified atom stereocenters. The number of benzene rings is 1. The van der Waals surface area contributed by atoms with Crippen molar-refractivity contribution < 1.29 is 0 Å². The maximum atomic E-state index is 5.40. The van der Waals surface area contributed by atoms with Gasteiger partial charge in [-0.3, -0.25) is 0 Å². The molecule has 86 valence electrons. The summed E-state index contributed by atoms with van der Waals surface area (Å²) in [5.74, 6) is 0. The fourth-order valence-electron chi connectivity index (χ4n) is 1.79. The van der Waals surface area contributed by atoms with E-state index in [2.05, 4.69) is 41.4 Å². The maximum Gasteiger partial charge on any atom is 0.169 e. The van der Waals surface area contributed by atoms with Gasteiger partial charge in [-0.05, 0) is 37.5 Å². The Balaban J connectivity index is 2.00. The zero-order valence-corrected chi connectivity index (χ0v) is 10.5. The zero-order valence-electron chi connectivity index (χ0n) is 9.65. The molecule has 1 aromatic carbocycles. The summed E-state index contributed by atoms with van der Waals surface area (Å²) in [6.45, 7) is 3.91. The normalized spacial score (nSPS) is 14.6. The quantitative estimate of drug-likeness (QED) is 0.806. The number of hydrogen-bond acceptors (Lipinski definition) is 1. The highest BCUT2D eigenvalue weighted by Crippen LogP contribution is 2.28. The van der Waals surface area contributed by atoms with E-state index in [1.165, 1.54) is 18.4 Å². The van der Waals surface area contributed by atoms with Crippen LogP contribution in [0.5, 0.6) is 0 Å². The highest BCUT2D eigenvalue weighted by atomic mass is 32.1. The van der Waals surface area contributed by atoms with Crippen molar-refractivity contribution in [2.45, 2.75) is 32.4 Å². The summed E-state index contributed by atoms with van der Waals surface area (Å²) in [5, 5.41) is 4.14. The molecule has 0 amide bonds. The summed E-state index contributed by atoms with van der Waals surface area (Å²) in [7, 11) is 0. The molecule has 0 spiro atoms. The largest absolute Gasteiger partial charge is 0.363 e. The van der Waals surface area contributed by atoms with E-state index < -0.39 is 0 Å². The molecule has 16 heavy (non-hydrogen) atoms. The van der Waals surface area contributed by atoms with Crippen molar-refractivity contribution in [2.24, 2.45) is 0 Å². The lowest BCUT2D eigenvalue weighted by molar-refractivity contribution is 0.397. The Labute approximate surface area is 103 Å². The van der Waals surface area contributed by atoms with E-state index >= 15 is 0 Å². The molecule has 1 saturated carbocycles. The van der Waals surface area contributed by atoms with Crippen LogP contribution in [-0.2, 0) is 6.54 Å². The Morgan fingerprint density at radius 1 is 1.38 bits per heavy atom. The molecule has 3 heteroatoms. The van der Waals surface area contributed by atoms with E-state index in [1.807, 2.05) is 6.07 Å². The maximum absolute atomic E-state index is 5.40. The van der Waals surface area contributed by atoms with E-state index in [1.54, 1.807) is 0 Å². The Bertz CT molecular complexity index is 346. The van der Waals surface area contributed by atoms with Crippen molar-refractivity contribution in [2.75, 3.05) is 6.54 Å². The molecule has 1 aliphatic carbocycles. The highest BCUT2D eigenvalue weighted by Gasteiger charge is 2.30. The van der Waals surface area contributed by atoms with Crippen molar-refractivity contribution in [3.63, 3.8) is 0 Å². The molecule has 1 aromatic rings. The fraction of sp³-hybridized carbons (Fsp3) is 0.462. The van der Waals surface area contributed by atoms with Crippen LogP contribution in [0.25, 0.3) is 0 Å². The monoisotopic (exact) mass is 234 g/mol. The minimum atomic E-state index is 0.659. The van der Waals surface area contributed by atoms with Crippen molar-refractivity contribution in [1.82, 2.24) is 10.2 Å². The van der Waals surface area contributed by atoms with Gasteiger partial charge >= 0.3 is 0 Å². The number of nitrogens with one attached hydrogen (secondary N) is 1. The number of hydrogen-bond donors (Lipinski definition) is 1. The standard InChI is InChI=1S/C13H18N2S/c1-2-14-13(16)15(12-8-9-12)10-11-6-4-3-5-7-11/h3-7,12H,2,8-10H2,1H3,(H,14,16). The average Bonchev–Trinajstić information content (AvgIpc) is 3.11. The topological polar surface area (TPSA) is 15.3 Å². The Kier molecular flexibility index (Phi) is 3.78. The molecule has 2 rings (SSSR count). The van der Waals surface area contributed by atoms with Crippen molar-refractivity contribution in [1.29, 1.82) is 0 Å². The molecule has 0 aromatic heterocycles. The number of nitrogens with zero attached hydrogens (tertiary/aromatic N) is 1. The lowest BCUT2D eigenvalue weighted by Gasteiger charge is -2.25. The molecule has 2 nitrogen and oxygen atoms in total. The van der Waals surface area contributed by atoms with Crippen LogP contribution >= 0.6 is 12.2 Å². The van der Waals surface area contributed by atoms with Gasteiger partial charge in [-0.25, -0.2) is 0 Å². The first-order valence-electron chi connectivity index (χ1n) is 5.89. The van der Waals surface area contributed by atoms with Crippen LogP contribution in [0.4, 0.5) is 0 Å². The third kappa shape index (κ3) is 2.95. The summed E-state index contributed by atoms with van der Waals surface area (Å²) >= 11 is 5.40. The van der Waals surface area contributed by atoms with Crippen molar-refractivity contribution >= 4 is 17.3 Å². The predicted octanol–water partition coefficient (Wildman–Crippen LogP) is 2.55. The Hall–Kier alpha value is -1.09. The number of rotatable bonds is 4. The zero-order chi connectivity index (χ0) is 11.4. The van der Waals surface area contributed by atoms with Crippen LogP contribution in [0.1, 0.15) is 25.3 Å². The van der Waals surface area contributed by atoms with Crippen molar-refractivity contribution in [3.05, 3.63) is 35.9 Å². The van der Waals surface area contributed by atoms with Crippen LogP contribution in [0.15, 0.2) is 30.3 Å². The molecule has 0 bridgehead atoms. The molecular formula is C13H18N2S. The third-order valence-electron chi connectivity index (χ3n) is 2.77. The molecule has 0 heterocycles. The fourth-order valence-corrected chi connectivity index (χ4v) is 2.14. The predicted molar refractivity (Wildman–Crippen MR) is 71.3 cm³/mol. The molecule has 1 N–H and O–H groups in total. The summed E-state index contributed by atoms with van der Waals surface area (Å²) in [4.78, 5) is 2.31. The van der Waals surface area contributed by atoms with Crippen molar-refractivity contribution in [3.8, 4) is 0 Å². The Morgan fingerprint density at radius 3 is 2.62 bits per heavy atom. The molecular weight excluding hydrogens is 216 g/mol. The first kappa shape index (κ1) is 11.4. The van der Waals surface area contributed by atoms with E-state index in [4.69, 9.17) is 12.2 Å². The second-order valence-corrected chi connectivity index (χ2v) is 4.57. The lowest BCUT2D eigenvalue weighted by Crippen LogP contribution is -2.40. The van der Waals surface area contributed by atoms with Gasteiger partial charge in [-0.2, -0.15) is 0 Å². The van der Waals surface area contributed by atoms with E-state index in [9.17, 15) is 0 Å². The second kappa shape index (κ2) is 5.30.